The first-order chi connectivity index (χ1) is 24.1. The number of hydrogen-bond acceptors (Lipinski definition) is 9. The van der Waals surface area contributed by atoms with E-state index in [1.165, 1.54) is 16.9 Å². The number of esters is 1. The smallest absolute Gasteiger partial charge is 0.409 e. The molecule has 0 aliphatic carbocycles. The lowest BCUT2D eigenvalue weighted by Crippen LogP contribution is -2.60. The third kappa shape index (κ3) is 9.30. The van der Waals surface area contributed by atoms with E-state index in [0.29, 0.717) is 24.3 Å². The van der Waals surface area contributed by atoms with Crippen LogP contribution in [0, 0.1) is 17.3 Å². The van der Waals surface area contributed by atoms with E-state index in [1.54, 1.807) is 27.9 Å². The van der Waals surface area contributed by atoms with Crippen molar-refractivity contribution in [2.24, 2.45) is 17.3 Å². The standard InChI is InChI=1S/C39H56ClN3O9/c1-22-13-12-14-23(2)39(48)21-29(50-36(47)41-39)24(3)34-38(8,52-34)30(51-35(46)25(4)42(9)31(44)15-16-37(5,6)7)20-32(45)43(10)27-18-26(17-22)19-28(49-11)33(27)40/h12-14,18-19,23-25,29-30,34,48H,15-17,20-21H2,1-11H3,(H,41,47)/b14-12+,22-13+. The summed E-state index contributed by atoms with van der Waals surface area (Å²) in [6.45, 7) is 15.1. The van der Waals surface area contributed by atoms with Crippen LogP contribution in [0.15, 0.2) is 35.9 Å². The normalized spacial score (nSPS) is 31.9. The van der Waals surface area contributed by atoms with Gasteiger partial charge < -0.3 is 33.9 Å². The van der Waals surface area contributed by atoms with Gasteiger partial charge >= 0.3 is 12.1 Å². The third-order valence-electron chi connectivity index (χ3n) is 10.8. The molecule has 13 heteroatoms. The third-order valence-corrected chi connectivity index (χ3v) is 11.1. The minimum Gasteiger partial charge on any atom is -0.495 e. The second-order valence-corrected chi connectivity index (χ2v) is 16.5. The van der Waals surface area contributed by atoms with Gasteiger partial charge in [0, 0.05) is 38.8 Å². The molecule has 8 atom stereocenters. The molecular weight excluding hydrogens is 690 g/mol. The van der Waals surface area contributed by atoms with Gasteiger partial charge in [0.15, 0.2) is 0 Å². The molecule has 52 heavy (non-hydrogen) atoms. The number of anilines is 1. The molecule has 2 saturated heterocycles. The number of likely N-dealkylation sites (N-methyl/N-ethyl adjacent to an activating group) is 1. The molecule has 1 aromatic rings. The van der Waals surface area contributed by atoms with Gasteiger partial charge in [-0.25, -0.2) is 9.59 Å². The number of amides is 3. The lowest BCUT2D eigenvalue weighted by Gasteiger charge is -2.41. The molecule has 0 spiro atoms. The molecule has 288 valence electrons. The van der Waals surface area contributed by atoms with E-state index in [1.807, 2.05) is 71.9 Å². The van der Waals surface area contributed by atoms with Crippen LogP contribution >= 0.6 is 11.6 Å². The number of nitrogens with zero attached hydrogens (tertiary/aromatic N) is 2. The molecule has 12 nitrogen and oxygen atoms in total. The van der Waals surface area contributed by atoms with Gasteiger partial charge in [-0.2, -0.15) is 0 Å². The number of benzene rings is 1. The highest BCUT2D eigenvalue weighted by Crippen LogP contribution is 2.49. The Labute approximate surface area is 312 Å². The first kappa shape index (κ1) is 41.2. The Morgan fingerprint density at radius 3 is 2.54 bits per heavy atom. The van der Waals surface area contributed by atoms with Gasteiger partial charge in [-0.15, -0.1) is 0 Å². The van der Waals surface area contributed by atoms with Crippen LogP contribution < -0.4 is 15.0 Å². The van der Waals surface area contributed by atoms with Crippen molar-refractivity contribution >= 4 is 41.2 Å². The predicted octanol–water partition coefficient (Wildman–Crippen LogP) is 5.96. The summed E-state index contributed by atoms with van der Waals surface area (Å²) in [6.07, 6.45) is 3.55. The summed E-state index contributed by atoms with van der Waals surface area (Å²) >= 11 is 6.76. The second-order valence-electron chi connectivity index (χ2n) is 16.1. The van der Waals surface area contributed by atoms with E-state index in [2.05, 4.69) is 5.32 Å². The van der Waals surface area contributed by atoms with Crippen LogP contribution in [0.3, 0.4) is 0 Å². The number of ether oxygens (including phenoxy) is 4. The number of methoxy groups -OCH3 is 1. The predicted molar refractivity (Wildman–Crippen MR) is 198 cm³/mol. The molecule has 2 fully saturated rings. The number of epoxide rings is 1. The highest BCUT2D eigenvalue weighted by Gasteiger charge is 2.64. The van der Waals surface area contributed by atoms with Crippen LogP contribution in [0.1, 0.15) is 86.6 Å². The molecule has 3 aliphatic heterocycles. The summed E-state index contributed by atoms with van der Waals surface area (Å²) in [6, 6.07) is 2.69. The van der Waals surface area contributed by atoms with E-state index in [0.717, 1.165) is 11.1 Å². The summed E-state index contributed by atoms with van der Waals surface area (Å²) in [7, 11) is 4.66. The van der Waals surface area contributed by atoms with Crippen molar-refractivity contribution in [2.75, 3.05) is 26.1 Å². The Morgan fingerprint density at radius 2 is 1.90 bits per heavy atom. The quantitative estimate of drug-likeness (QED) is 0.266. The summed E-state index contributed by atoms with van der Waals surface area (Å²) < 4.78 is 23.6. The van der Waals surface area contributed by atoms with Gasteiger partial charge in [-0.1, -0.05) is 70.0 Å². The number of fused-ring (bicyclic) bond motifs is 5. The van der Waals surface area contributed by atoms with E-state index < -0.39 is 65.5 Å². The van der Waals surface area contributed by atoms with E-state index in [4.69, 9.17) is 30.5 Å². The fraction of sp³-hybridized carbons (Fsp3) is 0.641. The Hall–Kier alpha value is -3.61. The number of carbonyl (C=O) groups excluding carboxylic acids is 4. The number of rotatable bonds is 6. The van der Waals surface area contributed by atoms with Gasteiger partial charge in [0.05, 0.1) is 25.3 Å². The van der Waals surface area contributed by atoms with Crippen LogP contribution in [0.2, 0.25) is 5.02 Å². The maximum atomic E-state index is 14.1. The first-order valence-corrected chi connectivity index (χ1v) is 18.3. The zero-order chi connectivity index (χ0) is 38.9. The number of alkyl carbamates (subject to hydrolysis) is 1. The largest absolute Gasteiger partial charge is 0.495 e. The zero-order valence-electron chi connectivity index (χ0n) is 32.4. The molecule has 0 saturated carbocycles. The number of hydrogen-bond donors (Lipinski definition) is 2. The highest BCUT2D eigenvalue weighted by atomic mass is 35.5. The Kier molecular flexibility index (Phi) is 12.5. The lowest BCUT2D eigenvalue weighted by atomic mass is 9.82. The average Bonchev–Trinajstić information content (AvgIpc) is 3.76. The summed E-state index contributed by atoms with van der Waals surface area (Å²) in [5.74, 6) is -1.86. The Morgan fingerprint density at radius 1 is 1.23 bits per heavy atom. The van der Waals surface area contributed by atoms with Crippen molar-refractivity contribution in [2.45, 2.75) is 123 Å². The average molecular weight is 746 g/mol. The van der Waals surface area contributed by atoms with E-state index in [-0.39, 0.29) is 35.6 Å². The minimum absolute atomic E-state index is 0.0629. The number of allylic oxidation sites excluding steroid dienone is 3. The van der Waals surface area contributed by atoms with Crippen molar-refractivity contribution in [3.63, 3.8) is 0 Å². The molecule has 3 aliphatic rings. The van der Waals surface area contributed by atoms with Gasteiger partial charge in [-0.05, 0) is 56.7 Å². The molecule has 4 bridgehead atoms. The van der Waals surface area contributed by atoms with Gasteiger partial charge in [-0.3, -0.25) is 14.9 Å². The molecule has 8 unspecified atom stereocenters. The highest BCUT2D eigenvalue weighted by molar-refractivity contribution is 6.35. The van der Waals surface area contributed by atoms with Crippen LogP contribution in [0.4, 0.5) is 10.5 Å². The SMILES string of the molecule is COc1cc2cc(c1Cl)N(C)C(=O)CC(OC(=O)C(C)N(C)C(=O)CCC(C)(C)C)C1(C)OC1C(C)C1CC(O)(NC(=O)O1)C(C)/C=C/C=C(\C)C2. The summed E-state index contributed by atoms with van der Waals surface area (Å²) in [5.41, 5.74) is -0.610. The van der Waals surface area contributed by atoms with Crippen molar-refractivity contribution < 1.29 is 43.2 Å². The molecule has 0 aromatic heterocycles. The fourth-order valence-electron chi connectivity index (χ4n) is 6.78. The van der Waals surface area contributed by atoms with Crippen LogP contribution in [0.25, 0.3) is 0 Å². The topological polar surface area (TPSA) is 147 Å². The van der Waals surface area contributed by atoms with Crippen molar-refractivity contribution in [1.29, 1.82) is 0 Å². The minimum atomic E-state index is -1.61. The Bertz CT molecular complexity index is 1610. The number of nitrogens with one attached hydrogen (secondary N) is 1. The zero-order valence-corrected chi connectivity index (χ0v) is 33.1. The monoisotopic (exact) mass is 745 g/mol. The Balaban J connectivity index is 1.73. The maximum Gasteiger partial charge on any atom is 0.409 e. The van der Waals surface area contributed by atoms with E-state index in [9.17, 15) is 24.3 Å². The molecule has 3 heterocycles. The van der Waals surface area contributed by atoms with Crippen LogP contribution in [-0.4, -0.2) is 90.8 Å². The maximum absolute atomic E-state index is 14.1. The van der Waals surface area contributed by atoms with Gasteiger partial charge in [0.1, 0.15) is 40.3 Å². The molecule has 1 aromatic carbocycles. The second kappa shape index (κ2) is 15.8. The molecule has 0 radical (unpaired) electrons. The number of carbonyl (C=O) groups is 4. The number of halogens is 1. The molecular formula is C39H56ClN3O9. The summed E-state index contributed by atoms with van der Waals surface area (Å²) in [5, 5.41) is 14.5. The van der Waals surface area contributed by atoms with Crippen molar-refractivity contribution in [3.05, 3.63) is 46.5 Å². The first-order valence-electron chi connectivity index (χ1n) is 17.9. The van der Waals surface area contributed by atoms with Crippen LogP contribution in [-0.2, 0) is 35.0 Å². The van der Waals surface area contributed by atoms with Gasteiger partial charge in [0.2, 0.25) is 11.8 Å². The van der Waals surface area contributed by atoms with Crippen molar-refractivity contribution in [3.8, 4) is 5.75 Å². The molecule has 2 N–H and O–H groups in total. The fourth-order valence-corrected chi connectivity index (χ4v) is 7.09. The lowest BCUT2D eigenvalue weighted by molar-refractivity contribution is -0.162. The molecule has 4 rings (SSSR count). The van der Waals surface area contributed by atoms with Crippen LogP contribution in [0.5, 0.6) is 5.75 Å². The summed E-state index contributed by atoms with van der Waals surface area (Å²) in [4.78, 5) is 56.5. The number of aliphatic hydroxyl groups is 1. The van der Waals surface area contributed by atoms with Gasteiger partial charge in [0.25, 0.3) is 0 Å². The van der Waals surface area contributed by atoms with E-state index >= 15 is 0 Å². The molecule has 3 amide bonds. The van der Waals surface area contributed by atoms with Crippen molar-refractivity contribution in [1.82, 2.24) is 10.2 Å².